The van der Waals surface area contributed by atoms with Gasteiger partial charge in [0, 0.05) is 39.0 Å². The predicted molar refractivity (Wildman–Crippen MR) is 172 cm³/mol. The number of anilines is 1. The topological polar surface area (TPSA) is 131 Å². The summed E-state index contributed by atoms with van der Waals surface area (Å²) in [6.45, 7) is 8.41. The highest BCUT2D eigenvalue weighted by molar-refractivity contribution is 9.10. The Hall–Kier alpha value is -4.70. The van der Waals surface area contributed by atoms with Gasteiger partial charge in [-0.1, -0.05) is 13.2 Å². The molecule has 232 valence electrons. The van der Waals surface area contributed by atoms with E-state index in [1.54, 1.807) is 66.7 Å². The van der Waals surface area contributed by atoms with Crippen LogP contribution < -0.4 is 15.2 Å². The van der Waals surface area contributed by atoms with Crippen LogP contribution in [0.1, 0.15) is 52.0 Å². The molecule has 0 spiro atoms. The third kappa shape index (κ3) is 13.5. The fourth-order valence-corrected chi connectivity index (χ4v) is 3.81. The summed E-state index contributed by atoms with van der Waals surface area (Å²) >= 11 is 3.33. The van der Waals surface area contributed by atoms with E-state index < -0.39 is 11.9 Å². The van der Waals surface area contributed by atoms with Crippen LogP contribution in [0.5, 0.6) is 11.5 Å². The van der Waals surface area contributed by atoms with E-state index in [-0.39, 0.29) is 5.78 Å². The van der Waals surface area contributed by atoms with Gasteiger partial charge in [-0.25, -0.2) is 9.59 Å². The summed E-state index contributed by atoms with van der Waals surface area (Å²) < 4.78 is 21.5. The number of unbranched alkanes of at least 4 members (excludes halogenated alkanes) is 2. The first-order valence-electron chi connectivity index (χ1n) is 13.9. The van der Waals surface area contributed by atoms with E-state index in [0.29, 0.717) is 65.4 Å². The number of aldehydes is 1. The number of hydrogen-bond acceptors (Lipinski definition) is 9. The van der Waals surface area contributed by atoms with Crippen molar-refractivity contribution in [3.05, 3.63) is 113 Å². The minimum Gasteiger partial charge on any atom is -0.494 e. The first-order chi connectivity index (χ1) is 21.3. The minimum absolute atomic E-state index is 0.0821. The van der Waals surface area contributed by atoms with E-state index in [9.17, 15) is 19.2 Å². The van der Waals surface area contributed by atoms with Gasteiger partial charge < -0.3 is 24.7 Å². The average Bonchev–Trinajstić information content (AvgIpc) is 3.05. The highest BCUT2D eigenvalue weighted by Crippen LogP contribution is 2.23. The fraction of sp³-hybridized carbons (Fsp3) is 0.235. The van der Waals surface area contributed by atoms with Crippen LogP contribution in [0.3, 0.4) is 0 Å². The van der Waals surface area contributed by atoms with E-state index >= 15 is 0 Å². The summed E-state index contributed by atoms with van der Waals surface area (Å²) in [6.07, 6.45) is 6.07. The molecule has 0 heterocycles. The van der Waals surface area contributed by atoms with Crippen molar-refractivity contribution < 1.29 is 38.1 Å². The molecule has 0 aliphatic rings. The maximum Gasteiger partial charge on any atom is 0.330 e. The first-order valence-corrected chi connectivity index (χ1v) is 14.7. The molecular formula is C34H36BrNO8. The van der Waals surface area contributed by atoms with Gasteiger partial charge in [-0.2, -0.15) is 0 Å². The third-order valence-corrected chi connectivity index (χ3v) is 6.52. The van der Waals surface area contributed by atoms with Crippen molar-refractivity contribution in [1.29, 1.82) is 0 Å². The number of nitrogen functional groups attached to an aromatic ring is 1. The Bertz CT molecular complexity index is 1390. The molecule has 3 rings (SSSR count). The normalized spacial score (nSPS) is 9.93. The number of nitrogens with two attached hydrogens (primary N) is 1. The van der Waals surface area contributed by atoms with Gasteiger partial charge in [0.25, 0.3) is 0 Å². The molecule has 10 heteroatoms. The Morgan fingerprint density at radius 2 is 1.14 bits per heavy atom. The van der Waals surface area contributed by atoms with E-state index in [2.05, 4.69) is 29.1 Å². The molecule has 0 radical (unpaired) electrons. The summed E-state index contributed by atoms with van der Waals surface area (Å²) in [7, 11) is 0. The van der Waals surface area contributed by atoms with Crippen molar-refractivity contribution in [3.63, 3.8) is 0 Å². The quantitative estimate of drug-likeness (QED) is 0.0426. The molecule has 2 N–H and O–H groups in total. The second-order valence-electron chi connectivity index (χ2n) is 9.13. The molecule has 0 unspecified atom stereocenters. The van der Waals surface area contributed by atoms with Crippen LogP contribution >= 0.6 is 15.9 Å². The number of halogens is 1. The summed E-state index contributed by atoms with van der Waals surface area (Å²) in [5.74, 6) is 0.507. The molecule has 0 aliphatic carbocycles. The molecule has 0 fully saturated rings. The molecule has 0 aromatic heterocycles. The van der Waals surface area contributed by atoms with Gasteiger partial charge in [-0.05, 0) is 108 Å². The SMILES string of the molecule is C=CC(=O)OCCCCOc1ccc(C(=O)c2ccc(N)c(Br)c2)cc1.C=CC(=O)OCCCCOc1ccc(C=O)cc1. The molecule has 0 saturated heterocycles. The lowest BCUT2D eigenvalue weighted by atomic mass is 10.0. The van der Waals surface area contributed by atoms with Crippen molar-refractivity contribution in [1.82, 2.24) is 0 Å². The van der Waals surface area contributed by atoms with Crippen LogP contribution in [0.4, 0.5) is 5.69 Å². The highest BCUT2D eigenvalue weighted by atomic mass is 79.9. The average molecular weight is 667 g/mol. The standard InChI is InChI=1S/C20H20BrNO4.C14H16O4/c1-2-19(23)26-12-4-3-11-25-16-8-5-14(6-9-16)20(24)15-7-10-18(22)17(21)13-15;1-2-14(16)18-10-4-3-9-17-13-7-5-12(11-15)6-8-13/h2,5-10,13H,1,3-4,11-12,22H2;2,5-8,11H,1,3-4,9-10H2. The second kappa shape index (κ2) is 20.2. The number of ketones is 1. The smallest absolute Gasteiger partial charge is 0.330 e. The molecule has 3 aromatic rings. The first kappa shape index (κ1) is 35.5. The van der Waals surface area contributed by atoms with Crippen LogP contribution in [0.25, 0.3) is 0 Å². The van der Waals surface area contributed by atoms with Crippen LogP contribution in [-0.4, -0.2) is 50.4 Å². The minimum atomic E-state index is -0.417. The van der Waals surface area contributed by atoms with Crippen LogP contribution in [0.2, 0.25) is 0 Å². The summed E-state index contributed by atoms with van der Waals surface area (Å²) in [5, 5.41) is 0. The van der Waals surface area contributed by atoms with Crippen molar-refractivity contribution in [3.8, 4) is 11.5 Å². The number of rotatable bonds is 17. The van der Waals surface area contributed by atoms with Crippen molar-refractivity contribution in [2.45, 2.75) is 25.7 Å². The Morgan fingerprint density at radius 3 is 1.59 bits per heavy atom. The van der Waals surface area contributed by atoms with E-state index in [1.807, 2.05) is 0 Å². The van der Waals surface area contributed by atoms with Crippen LogP contribution in [0, 0.1) is 0 Å². The van der Waals surface area contributed by atoms with E-state index in [4.69, 9.17) is 24.7 Å². The lowest BCUT2D eigenvalue weighted by Gasteiger charge is -2.08. The Labute approximate surface area is 265 Å². The van der Waals surface area contributed by atoms with E-state index in [1.165, 1.54) is 0 Å². The molecule has 0 atom stereocenters. The molecule has 0 amide bonds. The molecule has 44 heavy (non-hydrogen) atoms. The zero-order chi connectivity index (χ0) is 32.2. The second-order valence-corrected chi connectivity index (χ2v) is 9.99. The van der Waals surface area contributed by atoms with Crippen molar-refractivity contribution in [2.75, 3.05) is 32.2 Å². The predicted octanol–water partition coefficient (Wildman–Crippen LogP) is 6.54. The van der Waals surface area contributed by atoms with Crippen molar-refractivity contribution >= 4 is 45.6 Å². The van der Waals surface area contributed by atoms with Gasteiger partial charge >= 0.3 is 11.9 Å². The molecule has 0 bridgehead atoms. The van der Waals surface area contributed by atoms with Gasteiger partial charge in [0.2, 0.25) is 0 Å². The van der Waals surface area contributed by atoms with E-state index in [0.717, 1.165) is 43.5 Å². The maximum absolute atomic E-state index is 12.5. The highest BCUT2D eigenvalue weighted by Gasteiger charge is 2.10. The summed E-state index contributed by atoms with van der Waals surface area (Å²) in [5.41, 5.74) is 8.09. The molecule has 0 aliphatic heterocycles. The Kier molecular flexibility index (Phi) is 16.3. The van der Waals surface area contributed by atoms with Crippen LogP contribution in [-0.2, 0) is 19.1 Å². The third-order valence-electron chi connectivity index (χ3n) is 5.83. The summed E-state index contributed by atoms with van der Waals surface area (Å²) in [6, 6.07) is 19.0. The number of benzene rings is 3. The maximum atomic E-state index is 12.5. The fourth-order valence-electron chi connectivity index (χ4n) is 3.43. The summed E-state index contributed by atoms with van der Waals surface area (Å²) in [4.78, 5) is 44.5. The van der Waals surface area contributed by atoms with Crippen molar-refractivity contribution in [2.24, 2.45) is 0 Å². The zero-order valence-electron chi connectivity index (χ0n) is 24.4. The van der Waals surface area contributed by atoms with Crippen LogP contribution in [0.15, 0.2) is 96.5 Å². The monoisotopic (exact) mass is 665 g/mol. The number of hydrogen-bond donors (Lipinski definition) is 1. The molecular weight excluding hydrogens is 630 g/mol. The van der Waals surface area contributed by atoms with Gasteiger partial charge in [-0.15, -0.1) is 0 Å². The number of carbonyl (C=O) groups is 4. The Balaban J connectivity index is 0.000000329. The van der Waals surface area contributed by atoms with Gasteiger partial charge in [0.05, 0.1) is 26.4 Å². The lowest BCUT2D eigenvalue weighted by Crippen LogP contribution is -2.05. The largest absolute Gasteiger partial charge is 0.494 e. The zero-order valence-corrected chi connectivity index (χ0v) is 26.0. The molecule has 9 nitrogen and oxygen atoms in total. The van der Waals surface area contributed by atoms with Gasteiger partial charge in [0.1, 0.15) is 17.8 Å². The lowest BCUT2D eigenvalue weighted by molar-refractivity contribution is -0.138. The van der Waals surface area contributed by atoms with Gasteiger partial charge in [0.15, 0.2) is 5.78 Å². The molecule has 0 saturated carbocycles. The Morgan fingerprint density at radius 1 is 0.682 bits per heavy atom. The number of ether oxygens (including phenoxy) is 4. The number of esters is 2. The van der Waals surface area contributed by atoms with Gasteiger partial charge in [-0.3, -0.25) is 9.59 Å². The number of carbonyl (C=O) groups excluding carboxylic acids is 4. The molecule has 3 aromatic carbocycles.